The molecule has 0 aliphatic heterocycles. The Morgan fingerprint density at radius 2 is 2.29 bits per heavy atom. The van der Waals surface area contributed by atoms with Crippen LogP contribution in [0.25, 0.3) is 0 Å². The third-order valence-corrected chi connectivity index (χ3v) is 3.15. The van der Waals surface area contributed by atoms with Gasteiger partial charge in [0.05, 0.1) is 12.0 Å². The lowest BCUT2D eigenvalue weighted by atomic mass is 10.1. The summed E-state index contributed by atoms with van der Waals surface area (Å²) in [7, 11) is 0. The zero-order chi connectivity index (χ0) is 12.8. The van der Waals surface area contributed by atoms with Gasteiger partial charge >= 0.3 is 5.97 Å². The first-order valence-electron chi connectivity index (χ1n) is 5.29. The number of carbonyl (C=O) groups excluding carboxylic acids is 1. The number of carbonyl (C=O) groups is 1. The predicted molar refractivity (Wildman–Crippen MR) is 68.6 cm³/mol. The van der Waals surface area contributed by atoms with Crippen LogP contribution in [-0.2, 0) is 9.53 Å². The first kappa shape index (κ1) is 14.5. The fourth-order valence-electron chi connectivity index (χ4n) is 1.39. The van der Waals surface area contributed by atoms with E-state index in [4.69, 9.17) is 16.3 Å². The Hall–Kier alpha value is -0.610. The number of benzene rings is 1. The highest BCUT2D eigenvalue weighted by Crippen LogP contribution is 2.29. The van der Waals surface area contributed by atoms with Crippen molar-refractivity contribution in [1.82, 2.24) is 0 Å². The van der Waals surface area contributed by atoms with E-state index in [1.807, 2.05) is 0 Å². The Labute approximate surface area is 113 Å². The van der Waals surface area contributed by atoms with E-state index in [2.05, 4.69) is 15.9 Å². The molecule has 0 spiro atoms. The third kappa shape index (κ3) is 4.64. The van der Waals surface area contributed by atoms with Gasteiger partial charge in [-0.15, -0.1) is 11.6 Å². The van der Waals surface area contributed by atoms with Crippen molar-refractivity contribution in [2.24, 2.45) is 0 Å². The van der Waals surface area contributed by atoms with Crippen LogP contribution in [0.3, 0.4) is 0 Å². The van der Waals surface area contributed by atoms with E-state index in [0.717, 1.165) is 0 Å². The van der Waals surface area contributed by atoms with Crippen LogP contribution in [0.15, 0.2) is 22.7 Å². The topological polar surface area (TPSA) is 26.3 Å². The van der Waals surface area contributed by atoms with Crippen LogP contribution in [0.2, 0.25) is 0 Å². The lowest BCUT2D eigenvalue weighted by molar-refractivity contribution is -0.143. The molecule has 0 aromatic heterocycles. The van der Waals surface area contributed by atoms with E-state index in [9.17, 15) is 9.18 Å². The highest BCUT2D eigenvalue weighted by atomic mass is 79.9. The van der Waals surface area contributed by atoms with Crippen molar-refractivity contribution >= 4 is 33.5 Å². The average Bonchev–Trinajstić information content (AvgIpc) is 2.26. The normalized spacial score (nSPS) is 12.2. The van der Waals surface area contributed by atoms with E-state index >= 15 is 0 Å². The van der Waals surface area contributed by atoms with Crippen LogP contribution >= 0.6 is 27.5 Å². The van der Waals surface area contributed by atoms with Crippen LogP contribution in [0.5, 0.6) is 0 Å². The number of hydrogen-bond donors (Lipinski definition) is 0. The van der Waals surface area contributed by atoms with E-state index in [-0.39, 0.29) is 18.2 Å². The number of hydrogen-bond acceptors (Lipinski definition) is 2. The number of ether oxygens (including phenoxy) is 1. The fraction of sp³-hybridized carbons (Fsp3) is 0.417. The summed E-state index contributed by atoms with van der Waals surface area (Å²) in [6.45, 7) is 2.09. The molecule has 0 fully saturated rings. The molecule has 0 radical (unpaired) electrons. The minimum atomic E-state index is -0.521. The lowest BCUT2D eigenvalue weighted by Crippen LogP contribution is -2.05. The Kier molecular flexibility index (Phi) is 5.92. The third-order valence-electron chi connectivity index (χ3n) is 2.21. The fourth-order valence-corrected chi connectivity index (χ4v) is 2.01. The minimum absolute atomic E-state index is 0.192. The Morgan fingerprint density at radius 3 is 2.88 bits per heavy atom. The molecule has 17 heavy (non-hydrogen) atoms. The van der Waals surface area contributed by atoms with E-state index < -0.39 is 5.38 Å². The van der Waals surface area contributed by atoms with Gasteiger partial charge in [-0.25, -0.2) is 4.39 Å². The van der Waals surface area contributed by atoms with Crippen LogP contribution in [0, 0.1) is 5.82 Å². The Bertz CT molecular complexity index is 398. The van der Waals surface area contributed by atoms with Gasteiger partial charge in [-0.05, 0) is 25.5 Å². The Morgan fingerprint density at radius 1 is 1.59 bits per heavy atom. The molecule has 5 heteroatoms. The monoisotopic (exact) mass is 322 g/mol. The molecule has 1 atom stereocenters. The van der Waals surface area contributed by atoms with Gasteiger partial charge in [0.2, 0.25) is 0 Å². The van der Waals surface area contributed by atoms with Crippen LogP contribution < -0.4 is 0 Å². The molecule has 0 aliphatic carbocycles. The molecule has 0 N–H and O–H groups in total. The first-order valence-corrected chi connectivity index (χ1v) is 6.52. The number of halogens is 3. The molecule has 0 saturated heterocycles. The Balaban J connectivity index is 2.57. The highest BCUT2D eigenvalue weighted by molar-refractivity contribution is 9.10. The number of esters is 1. The molecule has 1 aromatic rings. The van der Waals surface area contributed by atoms with Gasteiger partial charge < -0.3 is 4.74 Å². The van der Waals surface area contributed by atoms with E-state index in [1.165, 1.54) is 6.07 Å². The molecule has 0 heterocycles. The maximum Gasteiger partial charge on any atom is 0.305 e. The summed E-state index contributed by atoms with van der Waals surface area (Å²) < 4.78 is 19.0. The van der Waals surface area contributed by atoms with Crippen LogP contribution in [0.4, 0.5) is 4.39 Å². The lowest BCUT2D eigenvalue weighted by Gasteiger charge is -2.10. The van der Waals surface area contributed by atoms with E-state index in [1.54, 1.807) is 19.1 Å². The summed E-state index contributed by atoms with van der Waals surface area (Å²) in [5, 5.41) is -0.521. The SMILES string of the molecule is CCOC(=O)CCC(Cl)c1ccc(Br)cc1F. The van der Waals surface area contributed by atoms with Gasteiger partial charge in [0.15, 0.2) is 0 Å². The van der Waals surface area contributed by atoms with E-state index in [0.29, 0.717) is 23.1 Å². The second kappa shape index (κ2) is 6.97. The summed E-state index contributed by atoms with van der Waals surface area (Å²) in [4.78, 5) is 11.1. The molecule has 0 saturated carbocycles. The summed E-state index contributed by atoms with van der Waals surface area (Å²) >= 11 is 9.22. The van der Waals surface area contributed by atoms with Gasteiger partial charge in [0.1, 0.15) is 5.82 Å². The van der Waals surface area contributed by atoms with Gasteiger partial charge in [-0.2, -0.15) is 0 Å². The average molecular weight is 324 g/mol. The largest absolute Gasteiger partial charge is 0.466 e. The summed E-state index contributed by atoms with van der Waals surface area (Å²) in [6.07, 6.45) is 0.552. The number of rotatable bonds is 5. The van der Waals surface area contributed by atoms with Gasteiger partial charge in [-0.1, -0.05) is 22.0 Å². The van der Waals surface area contributed by atoms with Crippen molar-refractivity contribution in [3.8, 4) is 0 Å². The summed E-state index contributed by atoms with van der Waals surface area (Å²) in [6, 6.07) is 4.69. The molecule has 94 valence electrons. The van der Waals surface area contributed by atoms with Crippen molar-refractivity contribution in [2.75, 3.05) is 6.61 Å². The van der Waals surface area contributed by atoms with Crippen molar-refractivity contribution in [3.63, 3.8) is 0 Å². The molecule has 1 rings (SSSR count). The maximum absolute atomic E-state index is 13.5. The van der Waals surface area contributed by atoms with Gasteiger partial charge in [0.25, 0.3) is 0 Å². The van der Waals surface area contributed by atoms with Gasteiger partial charge in [-0.3, -0.25) is 4.79 Å². The smallest absolute Gasteiger partial charge is 0.305 e. The molecule has 1 unspecified atom stereocenters. The zero-order valence-electron chi connectivity index (χ0n) is 9.38. The van der Waals surface area contributed by atoms with Crippen molar-refractivity contribution in [1.29, 1.82) is 0 Å². The maximum atomic E-state index is 13.5. The molecule has 2 nitrogen and oxygen atoms in total. The zero-order valence-corrected chi connectivity index (χ0v) is 11.7. The minimum Gasteiger partial charge on any atom is -0.466 e. The molecular weight excluding hydrogens is 310 g/mol. The van der Waals surface area contributed by atoms with Crippen molar-refractivity contribution in [2.45, 2.75) is 25.1 Å². The first-order chi connectivity index (χ1) is 8.04. The summed E-state index contributed by atoms with van der Waals surface area (Å²) in [5.74, 6) is -0.682. The molecule has 0 aliphatic rings. The molecule has 0 bridgehead atoms. The predicted octanol–water partition coefficient (Wildman–Crippen LogP) is 4.21. The van der Waals surface area contributed by atoms with Crippen LogP contribution in [-0.4, -0.2) is 12.6 Å². The number of alkyl halides is 1. The molecule has 0 amide bonds. The molecular formula is C12H13BrClFO2. The second-order valence-electron chi connectivity index (χ2n) is 3.48. The standard InChI is InChI=1S/C12H13BrClFO2/c1-2-17-12(16)6-5-10(14)9-4-3-8(13)7-11(9)15/h3-4,7,10H,2,5-6H2,1H3. The highest BCUT2D eigenvalue weighted by Gasteiger charge is 2.15. The summed E-state index contributed by atoms with van der Waals surface area (Å²) in [5.41, 5.74) is 0.402. The van der Waals surface area contributed by atoms with Gasteiger partial charge in [0, 0.05) is 16.5 Å². The quantitative estimate of drug-likeness (QED) is 0.599. The molecule has 1 aromatic carbocycles. The second-order valence-corrected chi connectivity index (χ2v) is 4.92. The van der Waals surface area contributed by atoms with Crippen LogP contribution in [0.1, 0.15) is 30.7 Å². The van der Waals surface area contributed by atoms with Crippen molar-refractivity contribution < 1.29 is 13.9 Å². The van der Waals surface area contributed by atoms with Crippen molar-refractivity contribution in [3.05, 3.63) is 34.1 Å².